The van der Waals surface area contributed by atoms with E-state index in [4.69, 9.17) is 4.74 Å². The molecule has 0 radical (unpaired) electrons. The van der Waals surface area contributed by atoms with E-state index in [0.29, 0.717) is 18.1 Å². The first-order valence-corrected chi connectivity index (χ1v) is 6.25. The van der Waals surface area contributed by atoms with Gasteiger partial charge in [0.25, 0.3) is 0 Å². The molecule has 1 nitrogen and oxygen atoms in total. The third kappa shape index (κ3) is 1.71. The van der Waals surface area contributed by atoms with E-state index in [2.05, 4.69) is 27.7 Å². The van der Waals surface area contributed by atoms with Crippen molar-refractivity contribution in [1.82, 2.24) is 0 Å². The van der Waals surface area contributed by atoms with E-state index in [1.807, 2.05) is 0 Å². The quantitative estimate of drug-likeness (QED) is 0.657. The van der Waals surface area contributed by atoms with Gasteiger partial charge in [-0.3, -0.25) is 0 Å². The summed E-state index contributed by atoms with van der Waals surface area (Å²) in [6.45, 7) is 9.34. The van der Waals surface area contributed by atoms with Gasteiger partial charge in [0.2, 0.25) is 0 Å². The number of fused-ring (bicyclic) bond motifs is 1. The molecule has 2 aliphatic rings. The van der Waals surface area contributed by atoms with Gasteiger partial charge in [-0.05, 0) is 42.9 Å². The standard InChI is InChI=1S/C13H24O/c1-8(2)11-7-13(9(3)4)14-12-6-5-10(11)12/h8-13H,5-7H2,1-4H3. The normalized spacial score (nSPS) is 42.4. The van der Waals surface area contributed by atoms with Gasteiger partial charge < -0.3 is 4.74 Å². The van der Waals surface area contributed by atoms with Gasteiger partial charge in [0.15, 0.2) is 0 Å². The molecule has 4 unspecified atom stereocenters. The van der Waals surface area contributed by atoms with Gasteiger partial charge in [-0.1, -0.05) is 27.7 Å². The SMILES string of the molecule is CC(C)C1CC(C(C)C)C2CCC2O1. The zero-order chi connectivity index (χ0) is 10.3. The summed E-state index contributed by atoms with van der Waals surface area (Å²) in [7, 11) is 0. The zero-order valence-electron chi connectivity index (χ0n) is 9.99. The molecule has 0 N–H and O–H groups in total. The van der Waals surface area contributed by atoms with Crippen LogP contribution in [0.2, 0.25) is 0 Å². The largest absolute Gasteiger partial charge is 0.374 e. The Balaban J connectivity index is 2.02. The van der Waals surface area contributed by atoms with Gasteiger partial charge in [0.05, 0.1) is 12.2 Å². The lowest BCUT2D eigenvalue weighted by atomic mass is 9.65. The van der Waals surface area contributed by atoms with Crippen molar-refractivity contribution < 1.29 is 4.74 Å². The minimum Gasteiger partial charge on any atom is -0.374 e. The van der Waals surface area contributed by atoms with Gasteiger partial charge >= 0.3 is 0 Å². The van der Waals surface area contributed by atoms with Crippen LogP contribution in [-0.2, 0) is 4.74 Å². The Bertz CT molecular complexity index is 197. The molecule has 0 bridgehead atoms. The molecule has 0 aromatic rings. The van der Waals surface area contributed by atoms with Gasteiger partial charge in [0, 0.05) is 0 Å². The first kappa shape index (κ1) is 10.5. The predicted octanol–water partition coefficient (Wildman–Crippen LogP) is 3.48. The third-order valence-electron chi connectivity index (χ3n) is 4.27. The van der Waals surface area contributed by atoms with Crippen molar-refractivity contribution in [2.24, 2.45) is 23.7 Å². The molecule has 0 amide bonds. The Morgan fingerprint density at radius 3 is 2.14 bits per heavy atom. The maximum Gasteiger partial charge on any atom is 0.0610 e. The lowest BCUT2D eigenvalue weighted by molar-refractivity contribution is -0.175. The maximum atomic E-state index is 6.13. The highest BCUT2D eigenvalue weighted by Gasteiger charge is 2.45. The lowest BCUT2D eigenvalue weighted by Gasteiger charge is -2.51. The summed E-state index contributed by atoms with van der Waals surface area (Å²) >= 11 is 0. The molecule has 0 spiro atoms. The second kappa shape index (κ2) is 3.84. The van der Waals surface area contributed by atoms with Crippen molar-refractivity contribution in [3.05, 3.63) is 0 Å². The van der Waals surface area contributed by atoms with Crippen LogP contribution in [0.25, 0.3) is 0 Å². The van der Waals surface area contributed by atoms with Crippen LogP contribution in [0.1, 0.15) is 47.0 Å². The minimum absolute atomic E-state index is 0.531. The fourth-order valence-corrected chi connectivity index (χ4v) is 3.07. The molecular formula is C13H24O. The van der Waals surface area contributed by atoms with Gasteiger partial charge in [-0.15, -0.1) is 0 Å². The molecule has 0 aromatic carbocycles. The molecule has 1 saturated carbocycles. The van der Waals surface area contributed by atoms with Crippen LogP contribution in [0.4, 0.5) is 0 Å². The molecule has 1 aliphatic heterocycles. The van der Waals surface area contributed by atoms with Crippen LogP contribution in [-0.4, -0.2) is 12.2 Å². The van der Waals surface area contributed by atoms with Crippen LogP contribution < -0.4 is 0 Å². The van der Waals surface area contributed by atoms with E-state index < -0.39 is 0 Å². The lowest BCUT2D eigenvalue weighted by Crippen LogP contribution is -2.50. The summed E-state index contributed by atoms with van der Waals surface area (Å²) in [6, 6.07) is 0. The Hall–Kier alpha value is -0.0400. The van der Waals surface area contributed by atoms with Gasteiger partial charge in [-0.25, -0.2) is 0 Å². The minimum atomic E-state index is 0.531. The first-order chi connectivity index (χ1) is 6.59. The number of ether oxygens (including phenoxy) is 1. The average Bonchev–Trinajstić information content (AvgIpc) is 2.05. The summed E-state index contributed by atoms with van der Waals surface area (Å²) in [5, 5.41) is 0. The Kier molecular flexibility index (Phi) is 2.88. The summed E-state index contributed by atoms with van der Waals surface area (Å²) in [5.41, 5.74) is 0. The van der Waals surface area contributed by atoms with Gasteiger partial charge in [-0.2, -0.15) is 0 Å². The first-order valence-electron chi connectivity index (χ1n) is 6.25. The Morgan fingerprint density at radius 1 is 1.00 bits per heavy atom. The Labute approximate surface area is 88.2 Å². The molecule has 0 aromatic heterocycles. The number of rotatable bonds is 2. The van der Waals surface area contributed by atoms with E-state index in [1.165, 1.54) is 19.3 Å². The number of hydrogen-bond acceptors (Lipinski definition) is 1. The fraction of sp³-hybridized carbons (Fsp3) is 1.00. The summed E-state index contributed by atoms with van der Waals surface area (Å²) in [4.78, 5) is 0. The van der Waals surface area contributed by atoms with Crippen molar-refractivity contribution in [2.45, 2.75) is 59.2 Å². The highest BCUT2D eigenvalue weighted by atomic mass is 16.5. The monoisotopic (exact) mass is 196 g/mol. The molecule has 82 valence electrons. The van der Waals surface area contributed by atoms with Crippen molar-refractivity contribution in [2.75, 3.05) is 0 Å². The van der Waals surface area contributed by atoms with Crippen LogP contribution in [0, 0.1) is 23.7 Å². The second-order valence-electron chi connectivity index (χ2n) is 5.84. The van der Waals surface area contributed by atoms with Crippen molar-refractivity contribution in [1.29, 1.82) is 0 Å². The molecule has 1 saturated heterocycles. The molecule has 2 fully saturated rings. The smallest absolute Gasteiger partial charge is 0.0610 e. The Morgan fingerprint density at radius 2 is 1.71 bits per heavy atom. The topological polar surface area (TPSA) is 9.23 Å². The molecule has 14 heavy (non-hydrogen) atoms. The highest BCUT2D eigenvalue weighted by molar-refractivity contribution is 4.94. The van der Waals surface area contributed by atoms with E-state index in [0.717, 1.165) is 17.8 Å². The van der Waals surface area contributed by atoms with E-state index in [1.54, 1.807) is 0 Å². The van der Waals surface area contributed by atoms with E-state index in [9.17, 15) is 0 Å². The van der Waals surface area contributed by atoms with Crippen molar-refractivity contribution in [3.63, 3.8) is 0 Å². The summed E-state index contributed by atoms with van der Waals surface area (Å²) in [6.07, 6.45) is 5.18. The average molecular weight is 196 g/mol. The van der Waals surface area contributed by atoms with Crippen LogP contribution in [0.5, 0.6) is 0 Å². The van der Waals surface area contributed by atoms with Crippen molar-refractivity contribution in [3.8, 4) is 0 Å². The van der Waals surface area contributed by atoms with E-state index >= 15 is 0 Å². The third-order valence-corrected chi connectivity index (χ3v) is 4.27. The summed E-state index contributed by atoms with van der Waals surface area (Å²) in [5.74, 6) is 3.35. The molecule has 1 heterocycles. The second-order valence-corrected chi connectivity index (χ2v) is 5.84. The fourth-order valence-electron chi connectivity index (χ4n) is 3.07. The van der Waals surface area contributed by atoms with Crippen molar-refractivity contribution >= 4 is 0 Å². The molecule has 1 aliphatic carbocycles. The molecule has 4 atom stereocenters. The van der Waals surface area contributed by atoms with Gasteiger partial charge in [0.1, 0.15) is 0 Å². The predicted molar refractivity (Wildman–Crippen MR) is 59.2 cm³/mol. The zero-order valence-corrected chi connectivity index (χ0v) is 9.99. The molecular weight excluding hydrogens is 172 g/mol. The van der Waals surface area contributed by atoms with Crippen LogP contribution >= 0.6 is 0 Å². The van der Waals surface area contributed by atoms with Crippen LogP contribution in [0.15, 0.2) is 0 Å². The highest BCUT2D eigenvalue weighted by Crippen LogP contribution is 2.47. The summed E-state index contributed by atoms with van der Waals surface area (Å²) < 4.78 is 6.13. The molecule has 1 heteroatoms. The maximum absolute atomic E-state index is 6.13. The number of hydrogen-bond donors (Lipinski definition) is 0. The van der Waals surface area contributed by atoms with Crippen LogP contribution in [0.3, 0.4) is 0 Å². The van der Waals surface area contributed by atoms with E-state index in [-0.39, 0.29) is 0 Å². The molecule has 2 rings (SSSR count).